The first kappa shape index (κ1) is 18.8. The van der Waals surface area contributed by atoms with Crippen LogP contribution >= 0.6 is 0 Å². The van der Waals surface area contributed by atoms with Crippen molar-refractivity contribution >= 4 is 11.9 Å². The second-order valence-electron chi connectivity index (χ2n) is 6.15. The van der Waals surface area contributed by atoms with Crippen molar-refractivity contribution in [2.45, 2.75) is 46.6 Å². The van der Waals surface area contributed by atoms with Crippen LogP contribution in [-0.4, -0.2) is 23.5 Å². The number of aromatic nitrogens is 1. The molecule has 2 rings (SSSR count). The van der Waals surface area contributed by atoms with Crippen LogP contribution in [-0.2, 0) is 16.0 Å². The lowest BCUT2D eigenvalue weighted by molar-refractivity contribution is -0.121. The minimum atomic E-state index is -0.317. The molecule has 5 nitrogen and oxygen atoms in total. The number of hydrogen-bond donors (Lipinski definition) is 2. The van der Waals surface area contributed by atoms with Crippen LogP contribution in [0.4, 0.5) is 0 Å². The number of amides is 1. The van der Waals surface area contributed by atoms with E-state index in [1.807, 2.05) is 51.1 Å². The lowest BCUT2D eigenvalue weighted by atomic mass is 10.1. The minimum absolute atomic E-state index is 0.0132. The van der Waals surface area contributed by atoms with E-state index >= 15 is 0 Å². The number of carbonyl (C=O) groups excluding carboxylic acids is 2. The number of nitrogens with one attached hydrogen (secondary N) is 2. The number of aryl methyl sites for hydroxylation is 2. The van der Waals surface area contributed by atoms with E-state index in [1.54, 1.807) is 6.92 Å². The third kappa shape index (κ3) is 4.72. The Bertz CT molecular complexity index is 735. The largest absolute Gasteiger partial charge is 0.462 e. The fraction of sp³-hybridized carbons (Fsp3) is 0.400. The molecule has 1 amide bonds. The average molecular weight is 342 g/mol. The molecular weight excluding hydrogens is 316 g/mol. The normalized spacial score (nSPS) is 11.8. The Balaban J connectivity index is 1.96. The number of hydrogen-bond acceptors (Lipinski definition) is 3. The van der Waals surface area contributed by atoms with Gasteiger partial charge in [0.2, 0.25) is 5.91 Å². The second-order valence-corrected chi connectivity index (χ2v) is 6.15. The standard InChI is InChI=1S/C20H26N2O3/c1-5-25-20(24)19-13(2)17(21-15(19)4)11-12-18(23)22-14(3)16-9-7-6-8-10-16/h6-10,14,21H,5,11-12H2,1-4H3,(H,22,23)/t14-/m0/s1. The van der Waals surface area contributed by atoms with Gasteiger partial charge >= 0.3 is 5.97 Å². The first-order valence-corrected chi connectivity index (χ1v) is 8.63. The highest BCUT2D eigenvalue weighted by Gasteiger charge is 2.19. The van der Waals surface area contributed by atoms with Gasteiger partial charge < -0.3 is 15.0 Å². The molecule has 0 radical (unpaired) electrons. The van der Waals surface area contributed by atoms with Gasteiger partial charge in [-0.05, 0) is 45.2 Å². The van der Waals surface area contributed by atoms with E-state index in [2.05, 4.69) is 10.3 Å². The molecule has 0 aliphatic rings. The topological polar surface area (TPSA) is 71.2 Å². The van der Waals surface area contributed by atoms with Crippen LogP contribution in [0.15, 0.2) is 30.3 Å². The summed E-state index contributed by atoms with van der Waals surface area (Å²) in [7, 11) is 0. The maximum absolute atomic E-state index is 12.2. The molecule has 1 heterocycles. The molecule has 0 aliphatic heterocycles. The molecule has 5 heteroatoms. The van der Waals surface area contributed by atoms with Gasteiger partial charge in [0.05, 0.1) is 18.2 Å². The van der Waals surface area contributed by atoms with Crippen molar-refractivity contribution in [2.75, 3.05) is 6.61 Å². The number of ether oxygens (including phenoxy) is 1. The van der Waals surface area contributed by atoms with Gasteiger partial charge in [0, 0.05) is 17.8 Å². The van der Waals surface area contributed by atoms with E-state index in [1.165, 1.54) is 0 Å². The Morgan fingerprint density at radius 2 is 1.88 bits per heavy atom. The fourth-order valence-electron chi connectivity index (χ4n) is 2.95. The molecule has 1 aromatic carbocycles. The van der Waals surface area contributed by atoms with Gasteiger partial charge in [-0.25, -0.2) is 4.79 Å². The summed E-state index contributed by atoms with van der Waals surface area (Å²) in [4.78, 5) is 27.5. The van der Waals surface area contributed by atoms with Gasteiger partial charge in [-0.1, -0.05) is 30.3 Å². The van der Waals surface area contributed by atoms with Gasteiger partial charge in [-0.2, -0.15) is 0 Å². The Kier molecular flexibility index (Phi) is 6.39. The van der Waals surface area contributed by atoms with Crippen molar-refractivity contribution in [1.82, 2.24) is 10.3 Å². The minimum Gasteiger partial charge on any atom is -0.462 e. The summed E-state index contributed by atoms with van der Waals surface area (Å²) < 4.78 is 5.09. The van der Waals surface area contributed by atoms with Gasteiger partial charge in [0.15, 0.2) is 0 Å². The molecule has 0 spiro atoms. The molecule has 0 unspecified atom stereocenters. The predicted octanol–water partition coefficient (Wildman–Crippen LogP) is 3.62. The van der Waals surface area contributed by atoms with Crippen LogP contribution in [0.25, 0.3) is 0 Å². The zero-order valence-electron chi connectivity index (χ0n) is 15.3. The van der Waals surface area contributed by atoms with Gasteiger partial charge in [-0.15, -0.1) is 0 Å². The van der Waals surface area contributed by atoms with Crippen molar-refractivity contribution in [3.63, 3.8) is 0 Å². The van der Waals surface area contributed by atoms with Gasteiger partial charge in [-0.3, -0.25) is 4.79 Å². The van der Waals surface area contributed by atoms with Gasteiger partial charge in [0.1, 0.15) is 0 Å². The molecule has 0 saturated heterocycles. The summed E-state index contributed by atoms with van der Waals surface area (Å²) in [6, 6.07) is 9.83. The van der Waals surface area contributed by atoms with Crippen LogP contribution in [0.3, 0.4) is 0 Å². The Labute approximate surface area is 148 Å². The third-order valence-corrected chi connectivity index (χ3v) is 4.30. The molecule has 2 N–H and O–H groups in total. The van der Waals surface area contributed by atoms with Crippen LogP contribution in [0, 0.1) is 13.8 Å². The maximum atomic E-state index is 12.2. The summed E-state index contributed by atoms with van der Waals surface area (Å²) in [5.41, 5.74) is 4.20. The van der Waals surface area contributed by atoms with E-state index in [-0.39, 0.29) is 17.9 Å². The van der Waals surface area contributed by atoms with E-state index < -0.39 is 0 Å². The average Bonchev–Trinajstić information content (AvgIpc) is 2.87. The highest BCUT2D eigenvalue weighted by Crippen LogP contribution is 2.20. The number of H-pyrrole nitrogens is 1. The second kappa shape index (κ2) is 8.51. The quantitative estimate of drug-likeness (QED) is 0.755. The molecule has 1 atom stereocenters. The SMILES string of the molecule is CCOC(=O)c1c(C)[nH]c(CCC(=O)N[C@@H](C)c2ccccc2)c1C. The summed E-state index contributed by atoms with van der Waals surface area (Å²) in [6.45, 7) is 7.83. The predicted molar refractivity (Wildman–Crippen MR) is 97.5 cm³/mol. The van der Waals surface area contributed by atoms with Crippen LogP contribution in [0.5, 0.6) is 0 Å². The Morgan fingerprint density at radius 3 is 2.52 bits per heavy atom. The first-order chi connectivity index (χ1) is 11.9. The number of aromatic amines is 1. The molecule has 0 fully saturated rings. The Morgan fingerprint density at radius 1 is 1.20 bits per heavy atom. The zero-order chi connectivity index (χ0) is 18.4. The number of esters is 1. The number of rotatable bonds is 7. The van der Waals surface area contributed by atoms with Crippen LogP contribution in [0.1, 0.15) is 59.2 Å². The molecule has 2 aromatic rings. The number of benzene rings is 1. The maximum Gasteiger partial charge on any atom is 0.340 e. The van der Waals surface area contributed by atoms with Crippen LogP contribution in [0.2, 0.25) is 0 Å². The summed E-state index contributed by atoms with van der Waals surface area (Å²) in [5, 5.41) is 3.01. The van der Waals surface area contributed by atoms with Crippen molar-refractivity contribution in [1.29, 1.82) is 0 Å². The van der Waals surface area contributed by atoms with Crippen molar-refractivity contribution < 1.29 is 14.3 Å². The number of carbonyl (C=O) groups is 2. The molecular formula is C20H26N2O3. The third-order valence-electron chi connectivity index (χ3n) is 4.30. The lowest BCUT2D eigenvalue weighted by Crippen LogP contribution is -2.26. The lowest BCUT2D eigenvalue weighted by Gasteiger charge is -2.14. The fourth-order valence-corrected chi connectivity index (χ4v) is 2.95. The first-order valence-electron chi connectivity index (χ1n) is 8.63. The molecule has 1 aromatic heterocycles. The van der Waals surface area contributed by atoms with Crippen LogP contribution < -0.4 is 5.32 Å². The zero-order valence-corrected chi connectivity index (χ0v) is 15.3. The van der Waals surface area contributed by atoms with E-state index in [0.717, 1.165) is 22.5 Å². The molecule has 0 saturated carbocycles. The monoisotopic (exact) mass is 342 g/mol. The van der Waals surface area contributed by atoms with E-state index in [0.29, 0.717) is 25.0 Å². The molecule has 134 valence electrons. The van der Waals surface area contributed by atoms with Crippen molar-refractivity contribution in [3.05, 3.63) is 58.4 Å². The molecule has 0 bridgehead atoms. The van der Waals surface area contributed by atoms with E-state index in [4.69, 9.17) is 4.74 Å². The smallest absolute Gasteiger partial charge is 0.340 e. The summed E-state index contributed by atoms with van der Waals surface area (Å²) in [5.74, 6) is -0.331. The molecule has 25 heavy (non-hydrogen) atoms. The van der Waals surface area contributed by atoms with E-state index in [9.17, 15) is 9.59 Å². The van der Waals surface area contributed by atoms with Gasteiger partial charge in [0.25, 0.3) is 0 Å². The Hall–Kier alpha value is -2.56. The summed E-state index contributed by atoms with van der Waals surface area (Å²) in [6.07, 6.45) is 0.916. The molecule has 0 aliphatic carbocycles. The van der Waals surface area contributed by atoms with Crippen molar-refractivity contribution in [3.8, 4) is 0 Å². The highest BCUT2D eigenvalue weighted by atomic mass is 16.5. The van der Waals surface area contributed by atoms with Crippen molar-refractivity contribution in [2.24, 2.45) is 0 Å². The highest BCUT2D eigenvalue weighted by molar-refractivity contribution is 5.92. The summed E-state index contributed by atoms with van der Waals surface area (Å²) >= 11 is 0.